The maximum atomic E-state index is 11.0. The van der Waals surface area contributed by atoms with E-state index in [-0.39, 0.29) is 0 Å². The Kier molecular flexibility index (Phi) is 5.05. The molecule has 0 amide bonds. The van der Waals surface area contributed by atoms with Crippen LogP contribution in [-0.2, 0) is 0 Å². The second-order valence-corrected chi connectivity index (χ2v) is 5.94. The van der Waals surface area contributed by atoms with Crippen molar-refractivity contribution in [1.29, 1.82) is 0 Å². The average molecular weight is 341 g/mol. The van der Waals surface area contributed by atoms with Crippen LogP contribution in [0.5, 0.6) is 0 Å². The maximum Gasteiger partial charge on any atom is 0.335 e. The van der Waals surface area contributed by atoms with Gasteiger partial charge in [-0.1, -0.05) is 13.8 Å². The number of anilines is 1. The van der Waals surface area contributed by atoms with Crippen LogP contribution in [-0.4, -0.2) is 48.2 Å². The number of aromatic carboxylic acids is 1. The first-order valence-corrected chi connectivity index (χ1v) is 7.88. The standard InChI is InChI=1S/C15H21BrN2O2/c1-3-17(4-2)12-7-8-18(10-12)14-6-5-11(15(19)20)9-13(14)16/h5-6,9,12H,3-4,7-8,10H2,1-2H3,(H,19,20). The third-order valence-electron chi connectivity index (χ3n) is 4.03. The largest absolute Gasteiger partial charge is 0.478 e. The molecule has 1 aliphatic rings. The first kappa shape index (κ1) is 15.3. The van der Waals surface area contributed by atoms with Gasteiger partial charge < -0.3 is 10.0 Å². The van der Waals surface area contributed by atoms with Gasteiger partial charge >= 0.3 is 5.97 Å². The summed E-state index contributed by atoms with van der Waals surface area (Å²) in [6, 6.07) is 5.85. The fourth-order valence-electron chi connectivity index (χ4n) is 2.90. The van der Waals surface area contributed by atoms with Crippen molar-refractivity contribution in [2.75, 3.05) is 31.1 Å². The van der Waals surface area contributed by atoms with Gasteiger partial charge in [-0.3, -0.25) is 4.90 Å². The average Bonchev–Trinajstić information content (AvgIpc) is 2.89. The molecule has 1 unspecified atom stereocenters. The van der Waals surface area contributed by atoms with Gasteiger partial charge in [0.1, 0.15) is 0 Å². The minimum atomic E-state index is -0.889. The van der Waals surface area contributed by atoms with Crippen molar-refractivity contribution in [3.63, 3.8) is 0 Å². The molecule has 110 valence electrons. The molecule has 0 radical (unpaired) electrons. The molecule has 0 aromatic heterocycles. The van der Waals surface area contributed by atoms with E-state index in [2.05, 4.69) is 39.6 Å². The number of benzene rings is 1. The third-order valence-corrected chi connectivity index (χ3v) is 4.66. The van der Waals surface area contributed by atoms with Gasteiger partial charge in [0.25, 0.3) is 0 Å². The number of halogens is 1. The van der Waals surface area contributed by atoms with E-state index in [1.807, 2.05) is 6.07 Å². The number of rotatable bonds is 5. The van der Waals surface area contributed by atoms with Crippen molar-refractivity contribution in [1.82, 2.24) is 4.90 Å². The topological polar surface area (TPSA) is 43.8 Å². The van der Waals surface area contributed by atoms with E-state index in [0.717, 1.165) is 42.8 Å². The van der Waals surface area contributed by atoms with Gasteiger partial charge in [-0.2, -0.15) is 0 Å². The summed E-state index contributed by atoms with van der Waals surface area (Å²) in [5, 5.41) is 9.00. The van der Waals surface area contributed by atoms with E-state index < -0.39 is 5.97 Å². The van der Waals surface area contributed by atoms with Gasteiger partial charge in [0.2, 0.25) is 0 Å². The molecule has 20 heavy (non-hydrogen) atoms. The number of nitrogens with zero attached hydrogens (tertiary/aromatic N) is 2. The molecule has 0 spiro atoms. The highest BCUT2D eigenvalue weighted by molar-refractivity contribution is 9.10. The summed E-state index contributed by atoms with van der Waals surface area (Å²) in [7, 11) is 0. The van der Waals surface area contributed by atoms with Crippen LogP contribution in [0.15, 0.2) is 22.7 Å². The van der Waals surface area contributed by atoms with Crippen LogP contribution >= 0.6 is 15.9 Å². The van der Waals surface area contributed by atoms with Crippen LogP contribution in [0.2, 0.25) is 0 Å². The highest BCUT2D eigenvalue weighted by Gasteiger charge is 2.27. The van der Waals surface area contributed by atoms with Gasteiger partial charge in [-0.05, 0) is 53.6 Å². The molecule has 0 aliphatic carbocycles. The number of carboxylic acids is 1. The summed E-state index contributed by atoms with van der Waals surface area (Å²) in [4.78, 5) is 15.8. The Labute approximate surface area is 128 Å². The smallest absolute Gasteiger partial charge is 0.335 e. The highest BCUT2D eigenvalue weighted by Crippen LogP contribution is 2.31. The molecule has 1 N–H and O–H groups in total. The van der Waals surface area contributed by atoms with Gasteiger partial charge in [0, 0.05) is 23.6 Å². The van der Waals surface area contributed by atoms with Crippen LogP contribution in [0.25, 0.3) is 0 Å². The summed E-state index contributed by atoms with van der Waals surface area (Å²) < 4.78 is 0.859. The molecule has 1 atom stereocenters. The van der Waals surface area contributed by atoms with Crippen LogP contribution in [0.1, 0.15) is 30.6 Å². The first-order chi connectivity index (χ1) is 9.56. The van der Waals surface area contributed by atoms with Crippen LogP contribution in [0.4, 0.5) is 5.69 Å². The number of carboxylic acid groups (broad SMARTS) is 1. The predicted molar refractivity (Wildman–Crippen MR) is 84.6 cm³/mol. The number of hydrogen-bond acceptors (Lipinski definition) is 3. The Morgan fingerprint density at radius 3 is 2.70 bits per heavy atom. The van der Waals surface area contributed by atoms with Crippen molar-refractivity contribution < 1.29 is 9.90 Å². The molecule has 1 aromatic rings. The lowest BCUT2D eigenvalue weighted by molar-refractivity contribution is 0.0697. The van der Waals surface area contributed by atoms with Crippen LogP contribution < -0.4 is 4.90 Å². The molecular formula is C15H21BrN2O2. The molecule has 1 aromatic carbocycles. The lowest BCUT2D eigenvalue weighted by Gasteiger charge is -2.27. The monoisotopic (exact) mass is 340 g/mol. The normalized spacial score (nSPS) is 18.8. The van der Waals surface area contributed by atoms with E-state index in [1.165, 1.54) is 0 Å². The quantitative estimate of drug-likeness (QED) is 0.894. The minimum Gasteiger partial charge on any atom is -0.478 e. The molecule has 2 rings (SSSR count). The van der Waals surface area contributed by atoms with E-state index >= 15 is 0 Å². The van der Waals surface area contributed by atoms with Gasteiger partial charge in [0.05, 0.1) is 11.3 Å². The number of likely N-dealkylation sites (N-methyl/N-ethyl adjacent to an activating group) is 1. The Balaban J connectivity index is 2.12. The molecule has 0 bridgehead atoms. The molecule has 1 saturated heterocycles. The van der Waals surface area contributed by atoms with Crippen LogP contribution in [0.3, 0.4) is 0 Å². The minimum absolute atomic E-state index is 0.320. The highest BCUT2D eigenvalue weighted by atomic mass is 79.9. The lowest BCUT2D eigenvalue weighted by atomic mass is 10.2. The zero-order valence-electron chi connectivity index (χ0n) is 12.0. The van der Waals surface area contributed by atoms with E-state index in [4.69, 9.17) is 5.11 Å². The second-order valence-electron chi connectivity index (χ2n) is 5.08. The van der Waals surface area contributed by atoms with E-state index in [1.54, 1.807) is 12.1 Å². The Morgan fingerprint density at radius 2 is 2.15 bits per heavy atom. The van der Waals surface area contributed by atoms with Gasteiger partial charge in [0.15, 0.2) is 0 Å². The summed E-state index contributed by atoms with van der Waals surface area (Å²) in [5.41, 5.74) is 1.41. The molecule has 0 saturated carbocycles. The molecule has 5 heteroatoms. The number of hydrogen-bond donors (Lipinski definition) is 1. The lowest BCUT2D eigenvalue weighted by Crippen LogP contribution is -2.37. The van der Waals surface area contributed by atoms with Crippen LogP contribution in [0, 0.1) is 0 Å². The number of carbonyl (C=O) groups is 1. The summed E-state index contributed by atoms with van der Waals surface area (Å²) in [6.07, 6.45) is 1.16. The summed E-state index contributed by atoms with van der Waals surface area (Å²) in [5.74, 6) is -0.889. The van der Waals surface area contributed by atoms with Crippen molar-refractivity contribution >= 4 is 27.6 Å². The Hall–Kier alpha value is -1.07. The Bertz CT molecular complexity index is 489. The van der Waals surface area contributed by atoms with Crippen molar-refractivity contribution in [2.24, 2.45) is 0 Å². The van der Waals surface area contributed by atoms with Gasteiger partial charge in [-0.15, -0.1) is 0 Å². The second kappa shape index (κ2) is 6.59. The summed E-state index contributed by atoms with van der Waals surface area (Å²) >= 11 is 3.50. The van der Waals surface area contributed by atoms with Crippen molar-refractivity contribution in [3.8, 4) is 0 Å². The fraction of sp³-hybridized carbons (Fsp3) is 0.533. The fourth-order valence-corrected chi connectivity index (χ4v) is 3.52. The van der Waals surface area contributed by atoms with Crippen molar-refractivity contribution in [3.05, 3.63) is 28.2 Å². The van der Waals surface area contributed by atoms with E-state index in [0.29, 0.717) is 11.6 Å². The molecule has 4 nitrogen and oxygen atoms in total. The SMILES string of the molecule is CCN(CC)C1CCN(c2ccc(C(=O)O)cc2Br)C1. The first-order valence-electron chi connectivity index (χ1n) is 7.08. The third kappa shape index (κ3) is 3.15. The zero-order valence-corrected chi connectivity index (χ0v) is 13.6. The maximum absolute atomic E-state index is 11.0. The van der Waals surface area contributed by atoms with Gasteiger partial charge in [-0.25, -0.2) is 4.79 Å². The molecule has 1 aliphatic heterocycles. The molecular weight excluding hydrogens is 320 g/mol. The molecule has 1 heterocycles. The zero-order chi connectivity index (χ0) is 14.7. The van der Waals surface area contributed by atoms with Crippen molar-refractivity contribution in [2.45, 2.75) is 26.3 Å². The Morgan fingerprint density at radius 1 is 1.45 bits per heavy atom. The molecule has 1 fully saturated rings. The summed E-state index contributed by atoms with van der Waals surface area (Å²) in [6.45, 7) is 8.58. The van der Waals surface area contributed by atoms with E-state index in [9.17, 15) is 4.79 Å². The predicted octanol–water partition coefficient (Wildman–Crippen LogP) is 3.07.